The fourth-order valence-electron chi connectivity index (χ4n) is 3.19. The standard InChI is InChI=1S/C22H20FN3O2S/c1-14(15-7-9-18(28-3)10-8-15)25(2)21(27)20-13-29-22-24-19(12-26(20)22)16-5-4-6-17(23)11-16/h4-14H,1-3H3/t14-/m0/s1. The van der Waals surface area contributed by atoms with Gasteiger partial charge in [-0.1, -0.05) is 24.3 Å². The first-order chi connectivity index (χ1) is 14.0. The number of rotatable bonds is 5. The zero-order valence-corrected chi connectivity index (χ0v) is 17.1. The minimum Gasteiger partial charge on any atom is -0.497 e. The molecule has 1 atom stereocenters. The smallest absolute Gasteiger partial charge is 0.271 e. The highest BCUT2D eigenvalue weighted by Crippen LogP contribution is 2.27. The van der Waals surface area contributed by atoms with Crippen molar-refractivity contribution in [1.82, 2.24) is 14.3 Å². The second-order valence-electron chi connectivity index (χ2n) is 6.78. The van der Waals surface area contributed by atoms with Crippen molar-refractivity contribution >= 4 is 22.2 Å². The molecular formula is C22H20FN3O2S. The largest absolute Gasteiger partial charge is 0.497 e. The van der Waals surface area contributed by atoms with Crippen LogP contribution in [0.3, 0.4) is 0 Å². The number of imidazole rings is 1. The highest BCUT2D eigenvalue weighted by atomic mass is 32.1. The first-order valence-corrected chi connectivity index (χ1v) is 9.99. The van der Waals surface area contributed by atoms with E-state index in [1.165, 1.54) is 23.5 Å². The molecule has 0 bridgehead atoms. The van der Waals surface area contributed by atoms with Gasteiger partial charge in [-0.05, 0) is 36.8 Å². The van der Waals surface area contributed by atoms with Crippen molar-refractivity contribution in [3.05, 3.63) is 77.2 Å². The van der Waals surface area contributed by atoms with E-state index < -0.39 is 0 Å². The Labute approximate surface area is 172 Å². The van der Waals surface area contributed by atoms with E-state index in [4.69, 9.17) is 4.74 Å². The summed E-state index contributed by atoms with van der Waals surface area (Å²) in [6.45, 7) is 1.98. The minimum atomic E-state index is -0.316. The second kappa shape index (κ2) is 7.67. The Morgan fingerprint density at radius 3 is 2.69 bits per heavy atom. The lowest BCUT2D eigenvalue weighted by Gasteiger charge is -2.25. The molecule has 4 aromatic rings. The highest BCUT2D eigenvalue weighted by molar-refractivity contribution is 7.15. The monoisotopic (exact) mass is 409 g/mol. The van der Waals surface area contributed by atoms with Gasteiger partial charge in [-0.15, -0.1) is 11.3 Å². The molecule has 0 saturated heterocycles. The van der Waals surface area contributed by atoms with Crippen molar-refractivity contribution in [2.75, 3.05) is 14.2 Å². The van der Waals surface area contributed by atoms with Crippen molar-refractivity contribution in [1.29, 1.82) is 0 Å². The van der Waals surface area contributed by atoms with Gasteiger partial charge in [0.25, 0.3) is 5.91 Å². The number of fused-ring (bicyclic) bond motifs is 1. The maximum absolute atomic E-state index is 13.5. The Kier molecular flexibility index (Phi) is 5.07. The zero-order chi connectivity index (χ0) is 20.5. The van der Waals surface area contributed by atoms with Gasteiger partial charge in [-0.2, -0.15) is 0 Å². The molecule has 2 heterocycles. The van der Waals surface area contributed by atoms with Gasteiger partial charge in [0.05, 0.1) is 18.8 Å². The van der Waals surface area contributed by atoms with Crippen LogP contribution in [0.5, 0.6) is 5.75 Å². The summed E-state index contributed by atoms with van der Waals surface area (Å²) in [7, 11) is 3.41. The number of methoxy groups -OCH3 is 1. The zero-order valence-electron chi connectivity index (χ0n) is 16.3. The maximum atomic E-state index is 13.5. The summed E-state index contributed by atoms with van der Waals surface area (Å²) >= 11 is 1.39. The molecule has 0 N–H and O–H groups in total. The lowest BCUT2D eigenvalue weighted by molar-refractivity contribution is 0.0736. The molecule has 0 aliphatic rings. The first-order valence-electron chi connectivity index (χ1n) is 9.11. The first kappa shape index (κ1) is 19.1. The topological polar surface area (TPSA) is 46.8 Å². The summed E-state index contributed by atoms with van der Waals surface area (Å²) in [5.74, 6) is 0.351. The van der Waals surface area contributed by atoms with Crippen LogP contribution in [-0.2, 0) is 0 Å². The third-order valence-corrected chi connectivity index (χ3v) is 5.89. The van der Waals surface area contributed by atoms with Gasteiger partial charge in [-0.25, -0.2) is 9.37 Å². The predicted octanol–water partition coefficient (Wildman–Crippen LogP) is 5.04. The van der Waals surface area contributed by atoms with Crippen LogP contribution in [-0.4, -0.2) is 34.3 Å². The molecule has 7 heteroatoms. The number of halogens is 1. The van der Waals surface area contributed by atoms with Crippen molar-refractivity contribution in [2.45, 2.75) is 13.0 Å². The number of aromatic nitrogens is 2. The van der Waals surface area contributed by atoms with Crippen LogP contribution in [0.25, 0.3) is 16.2 Å². The van der Waals surface area contributed by atoms with Gasteiger partial charge < -0.3 is 9.64 Å². The van der Waals surface area contributed by atoms with Gasteiger partial charge >= 0.3 is 0 Å². The number of ether oxygens (including phenoxy) is 1. The van der Waals surface area contributed by atoms with Crippen molar-refractivity contribution in [3.63, 3.8) is 0 Å². The molecule has 0 aliphatic heterocycles. The van der Waals surface area contributed by atoms with Gasteiger partial charge in [0, 0.05) is 24.2 Å². The summed E-state index contributed by atoms with van der Waals surface area (Å²) in [6.07, 6.45) is 1.78. The van der Waals surface area contributed by atoms with E-state index in [2.05, 4.69) is 4.98 Å². The van der Waals surface area contributed by atoms with Crippen LogP contribution in [0.15, 0.2) is 60.1 Å². The van der Waals surface area contributed by atoms with E-state index in [9.17, 15) is 9.18 Å². The Morgan fingerprint density at radius 2 is 2.00 bits per heavy atom. The molecule has 2 aromatic heterocycles. The van der Waals surface area contributed by atoms with E-state index in [1.54, 1.807) is 47.2 Å². The van der Waals surface area contributed by atoms with Crippen LogP contribution >= 0.6 is 11.3 Å². The molecule has 1 amide bonds. The Morgan fingerprint density at radius 1 is 1.24 bits per heavy atom. The lowest BCUT2D eigenvalue weighted by Crippen LogP contribution is -2.30. The molecule has 5 nitrogen and oxygen atoms in total. The average Bonchev–Trinajstić information content (AvgIpc) is 3.33. The molecule has 0 unspecified atom stereocenters. The van der Waals surface area contributed by atoms with Crippen molar-refractivity contribution in [2.24, 2.45) is 0 Å². The SMILES string of the molecule is COc1ccc([C@H](C)N(C)C(=O)c2csc3nc(-c4cccc(F)c4)cn23)cc1. The van der Waals surface area contributed by atoms with E-state index >= 15 is 0 Å². The Balaban J connectivity index is 1.62. The average molecular weight is 409 g/mol. The van der Waals surface area contributed by atoms with Crippen LogP contribution in [0.1, 0.15) is 29.0 Å². The molecule has 0 fully saturated rings. The number of hydrogen-bond donors (Lipinski definition) is 0. The number of thiazole rings is 1. The number of carbonyl (C=O) groups excluding carboxylic acids is 1. The Hall–Kier alpha value is -3.19. The summed E-state index contributed by atoms with van der Waals surface area (Å²) in [4.78, 5) is 20.1. The number of carbonyl (C=O) groups is 1. The molecule has 0 spiro atoms. The van der Waals surface area contributed by atoms with Gasteiger partial charge in [0.2, 0.25) is 0 Å². The van der Waals surface area contributed by atoms with E-state index in [0.29, 0.717) is 21.9 Å². The Bertz CT molecular complexity index is 1170. The highest BCUT2D eigenvalue weighted by Gasteiger charge is 2.23. The fourth-order valence-corrected chi connectivity index (χ4v) is 4.03. The molecule has 29 heavy (non-hydrogen) atoms. The third kappa shape index (κ3) is 3.61. The molecule has 0 aliphatic carbocycles. The summed E-state index contributed by atoms with van der Waals surface area (Å²) < 4.78 is 20.5. The van der Waals surface area contributed by atoms with Gasteiger partial charge in [0.1, 0.15) is 17.3 Å². The molecule has 148 valence electrons. The summed E-state index contributed by atoms with van der Waals surface area (Å²) in [5, 5.41) is 1.80. The molecule has 4 rings (SSSR count). The van der Waals surface area contributed by atoms with Crippen molar-refractivity contribution in [3.8, 4) is 17.0 Å². The third-order valence-electron chi connectivity index (χ3n) is 5.05. The fraction of sp³-hybridized carbons (Fsp3) is 0.182. The number of nitrogens with zero attached hydrogens (tertiary/aromatic N) is 3. The van der Waals surface area contributed by atoms with Gasteiger partial charge in [-0.3, -0.25) is 9.20 Å². The maximum Gasteiger partial charge on any atom is 0.271 e. The number of benzene rings is 2. The summed E-state index contributed by atoms with van der Waals surface area (Å²) in [5.41, 5.74) is 2.86. The normalized spacial score (nSPS) is 12.1. The second-order valence-corrected chi connectivity index (χ2v) is 7.61. The van der Waals surface area contributed by atoms with E-state index in [1.807, 2.05) is 31.2 Å². The van der Waals surface area contributed by atoms with Crippen LogP contribution in [0.2, 0.25) is 0 Å². The number of amides is 1. The van der Waals surface area contributed by atoms with E-state index in [0.717, 1.165) is 11.3 Å². The lowest BCUT2D eigenvalue weighted by atomic mass is 10.1. The van der Waals surface area contributed by atoms with Gasteiger partial charge in [0.15, 0.2) is 4.96 Å². The van der Waals surface area contributed by atoms with Crippen LogP contribution in [0, 0.1) is 5.82 Å². The number of hydrogen-bond acceptors (Lipinski definition) is 4. The van der Waals surface area contributed by atoms with Crippen molar-refractivity contribution < 1.29 is 13.9 Å². The predicted molar refractivity (Wildman–Crippen MR) is 112 cm³/mol. The molecule has 2 aromatic carbocycles. The molecular weight excluding hydrogens is 389 g/mol. The van der Waals surface area contributed by atoms with E-state index in [-0.39, 0.29) is 17.8 Å². The minimum absolute atomic E-state index is 0.109. The van der Waals surface area contributed by atoms with Crippen LogP contribution < -0.4 is 4.74 Å². The summed E-state index contributed by atoms with van der Waals surface area (Å²) in [6, 6.07) is 13.8. The molecule has 0 saturated carbocycles. The quantitative estimate of drug-likeness (QED) is 0.464. The molecule has 0 radical (unpaired) electrons. The van der Waals surface area contributed by atoms with Crippen LogP contribution in [0.4, 0.5) is 4.39 Å².